The van der Waals surface area contributed by atoms with E-state index >= 15 is 0 Å². The zero-order valence-corrected chi connectivity index (χ0v) is 14.8. The van der Waals surface area contributed by atoms with Crippen LogP contribution in [-0.2, 0) is 13.1 Å². The molecular weight excluding hydrogens is 363 g/mol. The van der Waals surface area contributed by atoms with Crippen LogP contribution in [0.2, 0.25) is 0 Å². The molecule has 0 aromatic heterocycles. The number of aliphatic imine (C=N–C) groups is 1. The van der Waals surface area contributed by atoms with E-state index in [-0.39, 0.29) is 24.0 Å². The lowest BCUT2D eigenvalue weighted by Crippen LogP contribution is -2.38. The summed E-state index contributed by atoms with van der Waals surface area (Å²) in [6.45, 7) is 1.80. The lowest BCUT2D eigenvalue weighted by Gasteiger charge is -2.12. The smallest absolute Gasteiger partial charge is 0.191 e. The molecule has 1 aromatic rings. The maximum atomic E-state index is 4.23. The molecule has 20 heavy (non-hydrogen) atoms. The first-order chi connectivity index (χ1) is 9.17. The lowest BCUT2D eigenvalue weighted by atomic mass is 10.1. The Morgan fingerprint density at radius 1 is 1.20 bits per heavy atom. The van der Waals surface area contributed by atoms with Gasteiger partial charge in [-0.15, -0.1) is 24.0 Å². The Morgan fingerprint density at radius 3 is 2.30 bits per heavy atom. The van der Waals surface area contributed by atoms with Gasteiger partial charge in [0.05, 0.1) is 0 Å². The van der Waals surface area contributed by atoms with E-state index in [1.807, 2.05) is 7.05 Å². The maximum Gasteiger partial charge on any atom is 0.191 e. The molecule has 2 N–H and O–H groups in total. The van der Waals surface area contributed by atoms with Gasteiger partial charge in [-0.1, -0.05) is 24.3 Å². The van der Waals surface area contributed by atoms with Crippen molar-refractivity contribution in [3.63, 3.8) is 0 Å². The van der Waals surface area contributed by atoms with Crippen molar-refractivity contribution in [1.82, 2.24) is 15.5 Å². The summed E-state index contributed by atoms with van der Waals surface area (Å²) in [6, 6.07) is 9.36. The molecule has 5 heteroatoms. The molecule has 1 aliphatic carbocycles. The number of nitrogens with one attached hydrogen (secondary N) is 2. The van der Waals surface area contributed by atoms with E-state index < -0.39 is 0 Å². The van der Waals surface area contributed by atoms with Gasteiger partial charge in [-0.05, 0) is 38.1 Å². The summed E-state index contributed by atoms with van der Waals surface area (Å²) in [7, 11) is 5.99. The predicted octanol–water partition coefficient (Wildman–Crippen LogP) is 2.19. The topological polar surface area (TPSA) is 39.7 Å². The SMILES string of the molecule is CN=C(NCc1ccc(CN(C)C)cc1)NC1CC1.I. The van der Waals surface area contributed by atoms with Crippen LogP contribution < -0.4 is 10.6 Å². The summed E-state index contributed by atoms with van der Waals surface area (Å²) in [6.07, 6.45) is 2.53. The third-order valence-electron chi connectivity index (χ3n) is 3.12. The van der Waals surface area contributed by atoms with Gasteiger partial charge in [-0.2, -0.15) is 0 Å². The van der Waals surface area contributed by atoms with Crippen LogP contribution in [0, 0.1) is 0 Å². The molecule has 1 aliphatic rings. The Kier molecular flexibility index (Phi) is 7.29. The quantitative estimate of drug-likeness (QED) is 0.462. The molecule has 2 rings (SSSR count). The third kappa shape index (κ3) is 6.09. The zero-order valence-electron chi connectivity index (χ0n) is 12.5. The number of hydrogen-bond acceptors (Lipinski definition) is 2. The normalized spacial score (nSPS) is 14.9. The second-order valence-electron chi connectivity index (χ2n) is 5.40. The van der Waals surface area contributed by atoms with Crippen LogP contribution in [0.1, 0.15) is 24.0 Å². The molecule has 0 unspecified atom stereocenters. The molecule has 1 saturated carbocycles. The Balaban J connectivity index is 0.00000200. The number of hydrogen-bond donors (Lipinski definition) is 2. The van der Waals surface area contributed by atoms with E-state index in [4.69, 9.17) is 0 Å². The van der Waals surface area contributed by atoms with Gasteiger partial charge in [0.1, 0.15) is 0 Å². The highest BCUT2D eigenvalue weighted by molar-refractivity contribution is 14.0. The van der Waals surface area contributed by atoms with E-state index in [0.29, 0.717) is 6.04 Å². The minimum absolute atomic E-state index is 0. The lowest BCUT2D eigenvalue weighted by molar-refractivity contribution is 0.402. The number of guanidine groups is 1. The molecule has 0 heterocycles. The van der Waals surface area contributed by atoms with E-state index in [1.165, 1.54) is 24.0 Å². The van der Waals surface area contributed by atoms with Crippen LogP contribution in [0.4, 0.5) is 0 Å². The number of nitrogens with zero attached hydrogens (tertiary/aromatic N) is 2. The van der Waals surface area contributed by atoms with Gasteiger partial charge in [0.15, 0.2) is 5.96 Å². The summed E-state index contributed by atoms with van der Waals surface area (Å²) in [5.74, 6) is 0.903. The largest absolute Gasteiger partial charge is 0.354 e. The summed E-state index contributed by atoms with van der Waals surface area (Å²) in [5.41, 5.74) is 2.62. The number of halogens is 1. The molecule has 0 radical (unpaired) electrons. The summed E-state index contributed by atoms with van der Waals surface area (Å²) < 4.78 is 0. The fourth-order valence-corrected chi connectivity index (χ4v) is 1.93. The minimum atomic E-state index is 0. The minimum Gasteiger partial charge on any atom is -0.354 e. The van der Waals surface area contributed by atoms with Crippen LogP contribution in [0.5, 0.6) is 0 Å². The van der Waals surface area contributed by atoms with Crippen LogP contribution in [-0.4, -0.2) is 38.0 Å². The predicted molar refractivity (Wildman–Crippen MR) is 95.6 cm³/mol. The highest BCUT2D eigenvalue weighted by atomic mass is 127. The Bertz CT molecular complexity index is 424. The maximum absolute atomic E-state index is 4.23. The third-order valence-corrected chi connectivity index (χ3v) is 3.12. The van der Waals surface area contributed by atoms with Gasteiger partial charge in [0.25, 0.3) is 0 Å². The fraction of sp³-hybridized carbons (Fsp3) is 0.533. The standard InChI is InChI=1S/C15H24N4.HI/c1-16-15(18-14-8-9-14)17-10-12-4-6-13(7-5-12)11-19(2)3;/h4-7,14H,8-11H2,1-3H3,(H2,16,17,18);1H. The monoisotopic (exact) mass is 388 g/mol. The second kappa shape index (κ2) is 8.46. The Morgan fingerprint density at radius 2 is 1.80 bits per heavy atom. The Hall–Kier alpha value is -0.820. The fourth-order valence-electron chi connectivity index (χ4n) is 1.93. The Labute approximate surface area is 139 Å². The molecule has 0 bridgehead atoms. The van der Waals surface area contributed by atoms with Crippen LogP contribution in [0.25, 0.3) is 0 Å². The van der Waals surface area contributed by atoms with Crippen molar-refractivity contribution in [2.75, 3.05) is 21.1 Å². The van der Waals surface area contributed by atoms with Crippen molar-refractivity contribution in [3.05, 3.63) is 35.4 Å². The van der Waals surface area contributed by atoms with E-state index in [1.54, 1.807) is 0 Å². The van der Waals surface area contributed by atoms with Crippen molar-refractivity contribution in [2.45, 2.75) is 32.0 Å². The molecule has 1 fully saturated rings. The first kappa shape index (κ1) is 17.2. The molecule has 1 aromatic carbocycles. The van der Waals surface area contributed by atoms with Gasteiger partial charge < -0.3 is 15.5 Å². The summed E-state index contributed by atoms with van der Waals surface area (Å²) in [4.78, 5) is 6.40. The second-order valence-corrected chi connectivity index (χ2v) is 5.40. The molecule has 0 spiro atoms. The molecule has 4 nitrogen and oxygen atoms in total. The van der Waals surface area contributed by atoms with Crippen molar-refractivity contribution in [3.8, 4) is 0 Å². The molecule has 112 valence electrons. The highest BCUT2D eigenvalue weighted by Gasteiger charge is 2.21. The molecule has 0 aliphatic heterocycles. The van der Waals surface area contributed by atoms with E-state index in [0.717, 1.165) is 19.0 Å². The van der Waals surface area contributed by atoms with Crippen LogP contribution in [0.15, 0.2) is 29.3 Å². The van der Waals surface area contributed by atoms with Gasteiger partial charge in [0, 0.05) is 26.2 Å². The molecule has 0 saturated heterocycles. The summed E-state index contributed by atoms with van der Waals surface area (Å²) in [5, 5.41) is 6.73. The molecule has 0 amide bonds. The first-order valence-electron chi connectivity index (χ1n) is 6.87. The van der Waals surface area contributed by atoms with Gasteiger partial charge in [-0.25, -0.2) is 0 Å². The van der Waals surface area contributed by atoms with E-state index in [2.05, 4.69) is 58.9 Å². The number of benzene rings is 1. The van der Waals surface area contributed by atoms with Crippen LogP contribution >= 0.6 is 24.0 Å². The molecular formula is C15H25IN4. The van der Waals surface area contributed by atoms with Crippen molar-refractivity contribution < 1.29 is 0 Å². The average molecular weight is 388 g/mol. The molecule has 0 atom stereocenters. The highest BCUT2D eigenvalue weighted by Crippen LogP contribution is 2.18. The average Bonchev–Trinajstić information content (AvgIpc) is 3.19. The van der Waals surface area contributed by atoms with Crippen molar-refractivity contribution >= 4 is 29.9 Å². The van der Waals surface area contributed by atoms with Gasteiger partial charge >= 0.3 is 0 Å². The number of rotatable bonds is 5. The zero-order chi connectivity index (χ0) is 13.7. The van der Waals surface area contributed by atoms with Crippen LogP contribution in [0.3, 0.4) is 0 Å². The van der Waals surface area contributed by atoms with Gasteiger partial charge in [0.2, 0.25) is 0 Å². The van der Waals surface area contributed by atoms with Crippen molar-refractivity contribution in [2.24, 2.45) is 4.99 Å². The summed E-state index contributed by atoms with van der Waals surface area (Å²) >= 11 is 0. The van der Waals surface area contributed by atoms with Gasteiger partial charge in [-0.3, -0.25) is 4.99 Å². The first-order valence-corrected chi connectivity index (χ1v) is 6.87. The van der Waals surface area contributed by atoms with E-state index in [9.17, 15) is 0 Å². The van der Waals surface area contributed by atoms with Crippen molar-refractivity contribution in [1.29, 1.82) is 0 Å².